The molecule has 0 radical (unpaired) electrons. The zero-order valence-corrected chi connectivity index (χ0v) is 11.4. The molecule has 110 valence electrons. The van der Waals surface area contributed by atoms with Gasteiger partial charge in [0.2, 0.25) is 17.6 Å². The van der Waals surface area contributed by atoms with Crippen LogP contribution in [0.3, 0.4) is 0 Å². The molecule has 21 heavy (non-hydrogen) atoms. The number of hydrogen-bond donors (Lipinski definition) is 2. The second-order valence-electron chi connectivity index (χ2n) is 4.01. The van der Waals surface area contributed by atoms with Crippen LogP contribution < -0.4 is 20.7 Å². The normalized spacial score (nSPS) is 10.0. The molecule has 2 rings (SSSR count). The van der Waals surface area contributed by atoms with Crippen molar-refractivity contribution in [2.75, 3.05) is 12.5 Å². The molecule has 1 aromatic carbocycles. The largest absolute Gasteiger partial charge is 0.496 e. The van der Waals surface area contributed by atoms with Crippen molar-refractivity contribution >= 4 is 11.6 Å². The Balaban J connectivity index is 2.39. The Morgan fingerprint density at radius 3 is 2.71 bits per heavy atom. The molecule has 0 spiro atoms. The van der Waals surface area contributed by atoms with Crippen LogP contribution in [0.15, 0.2) is 24.3 Å². The maximum absolute atomic E-state index is 11.1. The van der Waals surface area contributed by atoms with Crippen molar-refractivity contribution in [2.24, 2.45) is 5.84 Å². The third-order valence-electron chi connectivity index (χ3n) is 2.54. The smallest absolute Gasteiger partial charge is 0.315 e. The summed E-state index contributed by atoms with van der Waals surface area (Å²) in [5.74, 6) is 5.94. The van der Waals surface area contributed by atoms with Crippen LogP contribution in [0.25, 0.3) is 0 Å². The molecular weight excluding hydrogens is 278 g/mol. The van der Waals surface area contributed by atoms with Gasteiger partial charge >= 0.3 is 5.69 Å². The van der Waals surface area contributed by atoms with Gasteiger partial charge in [-0.05, 0) is 19.1 Å². The minimum Gasteiger partial charge on any atom is -0.496 e. The highest BCUT2D eigenvalue weighted by Crippen LogP contribution is 2.34. The van der Waals surface area contributed by atoms with E-state index in [1.807, 2.05) is 0 Å². The molecule has 9 nitrogen and oxygen atoms in total. The van der Waals surface area contributed by atoms with E-state index in [0.29, 0.717) is 11.4 Å². The zero-order valence-electron chi connectivity index (χ0n) is 11.4. The second kappa shape index (κ2) is 6.01. The lowest BCUT2D eigenvalue weighted by Gasteiger charge is -2.08. The van der Waals surface area contributed by atoms with Crippen LogP contribution in [0.2, 0.25) is 0 Å². The van der Waals surface area contributed by atoms with Crippen LogP contribution in [-0.2, 0) is 0 Å². The van der Waals surface area contributed by atoms with E-state index in [4.69, 9.17) is 15.3 Å². The predicted octanol–water partition coefficient (Wildman–Crippen LogP) is 1.78. The van der Waals surface area contributed by atoms with Crippen molar-refractivity contribution < 1.29 is 14.4 Å². The standard InChI is InChI=1S/C12H13N5O4/c1-7-5-11(15-12(14-7)16-13)21-10-4-3-8(20-2)6-9(10)17(18)19/h3-6H,13H2,1-2H3,(H,14,15,16). The number of nitrogens with one attached hydrogen (secondary N) is 1. The summed E-state index contributed by atoms with van der Waals surface area (Å²) < 4.78 is 10.4. The Morgan fingerprint density at radius 1 is 1.33 bits per heavy atom. The lowest BCUT2D eigenvalue weighted by Crippen LogP contribution is -2.11. The van der Waals surface area contributed by atoms with Crippen LogP contribution in [0, 0.1) is 17.0 Å². The van der Waals surface area contributed by atoms with Crippen LogP contribution in [0.5, 0.6) is 17.4 Å². The van der Waals surface area contributed by atoms with E-state index in [9.17, 15) is 10.1 Å². The predicted molar refractivity (Wildman–Crippen MR) is 74.3 cm³/mol. The van der Waals surface area contributed by atoms with E-state index in [1.165, 1.54) is 25.3 Å². The molecule has 0 unspecified atom stereocenters. The molecule has 1 aromatic heterocycles. The molecule has 2 aromatic rings. The fourth-order valence-corrected chi connectivity index (χ4v) is 1.62. The molecule has 9 heteroatoms. The second-order valence-corrected chi connectivity index (χ2v) is 4.01. The summed E-state index contributed by atoms with van der Waals surface area (Å²) in [4.78, 5) is 18.5. The SMILES string of the molecule is COc1ccc(Oc2cc(C)nc(NN)n2)c([N+](=O)[O-])c1. The number of benzene rings is 1. The number of rotatable bonds is 5. The van der Waals surface area contributed by atoms with Crippen molar-refractivity contribution in [3.63, 3.8) is 0 Å². The highest BCUT2D eigenvalue weighted by molar-refractivity contribution is 5.52. The average Bonchev–Trinajstić information content (AvgIpc) is 2.46. The van der Waals surface area contributed by atoms with Gasteiger partial charge in [0.15, 0.2) is 0 Å². The number of anilines is 1. The molecule has 0 atom stereocenters. The topological polar surface area (TPSA) is 125 Å². The van der Waals surface area contributed by atoms with Gasteiger partial charge in [-0.15, -0.1) is 0 Å². The molecule has 0 aliphatic rings. The molecule has 0 fully saturated rings. The number of nitro benzene ring substituents is 1. The molecular formula is C12H13N5O4. The first-order valence-corrected chi connectivity index (χ1v) is 5.86. The first-order chi connectivity index (χ1) is 10.0. The zero-order chi connectivity index (χ0) is 15.4. The highest BCUT2D eigenvalue weighted by atomic mass is 16.6. The van der Waals surface area contributed by atoms with Crippen LogP contribution >= 0.6 is 0 Å². The third kappa shape index (κ3) is 3.34. The summed E-state index contributed by atoms with van der Waals surface area (Å²) in [7, 11) is 1.42. The maximum Gasteiger partial charge on any atom is 0.315 e. The first-order valence-electron chi connectivity index (χ1n) is 5.86. The number of ether oxygens (including phenoxy) is 2. The van der Waals surface area contributed by atoms with Gasteiger partial charge in [-0.25, -0.2) is 10.8 Å². The molecule has 0 amide bonds. The molecule has 0 bridgehead atoms. The third-order valence-corrected chi connectivity index (χ3v) is 2.54. The first kappa shape index (κ1) is 14.5. The van der Waals surface area contributed by atoms with Crippen molar-refractivity contribution in [3.05, 3.63) is 40.1 Å². The van der Waals surface area contributed by atoms with Crippen molar-refractivity contribution in [1.82, 2.24) is 9.97 Å². The summed E-state index contributed by atoms with van der Waals surface area (Å²) in [6.45, 7) is 1.72. The van der Waals surface area contributed by atoms with Gasteiger partial charge in [0, 0.05) is 11.8 Å². The Hall–Kier alpha value is -2.94. The molecule has 0 saturated heterocycles. The monoisotopic (exact) mass is 291 g/mol. The van der Waals surface area contributed by atoms with E-state index in [-0.39, 0.29) is 23.3 Å². The highest BCUT2D eigenvalue weighted by Gasteiger charge is 2.18. The van der Waals surface area contributed by atoms with Crippen LogP contribution in [0.4, 0.5) is 11.6 Å². The molecule has 1 heterocycles. The number of hydrazine groups is 1. The number of methoxy groups -OCH3 is 1. The number of aromatic nitrogens is 2. The lowest BCUT2D eigenvalue weighted by atomic mass is 10.3. The lowest BCUT2D eigenvalue weighted by molar-refractivity contribution is -0.385. The molecule has 0 aliphatic heterocycles. The van der Waals surface area contributed by atoms with Gasteiger partial charge < -0.3 is 9.47 Å². The molecule has 0 saturated carbocycles. The number of nitrogens with two attached hydrogens (primary N) is 1. The van der Waals surface area contributed by atoms with Crippen molar-refractivity contribution in [1.29, 1.82) is 0 Å². The average molecular weight is 291 g/mol. The summed E-state index contributed by atoms with van der Waals surface area (Å²) >= 11 is 0. The van der Waals surface area contributed by atoms with Gasteiger partial charge in [-0.2, -0.15) is 4.98 Å². The molecule has 3 N–H and O–H groups in total. The van der Waals surface area contributed by atoms with E-state index < -0.39 is 4.92 Å². The van der Waals surface area contributed by atoms with Gasteiger partial charge in [-0.1, -0.05) is 0 Å². The number of nitrogen functional groups attached to an aromatic ring is 1. The summed E-state index contributed by atoms with van der Waals surface area (Å²) in [6.07, 6.45) is 0. The van der Waals surface area contributed by atoms with Crippen LogP contribution in [-0.4, -0.2) is 22.0 Å². The summed E-state index contributed by atoms with van der Waals surface area (Å²) in [5, 5.41) is 11.1. The fraction of sp³-hybridized carbons (Fsp3) is 0.167. The Morgan fingerprint density at radius 2 is 2.10 bits per heavy atom. The fourth-order valence-electron chi connectivity index (χ4n) is 1.62. The summed E-state index contributed by atoms with van der Waals surface area (Å²) in [6, 6.07) is 5.79. The minimum atomic E-state index is -0.562. The molecule has 0 aliphatic carbocycles. The summed E-state index contributed by atoms with van der Waals surface area (Å²) in [5.41, 5.74) is 2.67. The van der Waals surface area contributed by atoms with E-state index in [2.05, 4.69) is 15.4 Å². The van der Waals surface area contributed by atoms with E-state index in [0.717, 1.165) is 0 Å². The number of nitro groups is 1. The Bertz CT molecular complexity index is 677. The van der Waals surface area contributed by atoms with Gasteiger partial charge in [-0.3, -0.25) is 15.5 Å². The van der Waals surface area contributed by atoms with Gasteiger partial charge in [0.1, 0.15) is 5.75 Å². The Kier molecular flexibility index (Phi) is 4.14. The minimum absolute atomic E-state index is 0.0434. The quantitative estimate of drug-likeness (QED) is 0.485. The Labute approximate surface area is 119 Å². The van der Waals surface area contributed by atoms with E-state index in [1.54, 1.807) is 13.0 Å². The van der Waals surface area contributed by atoms with Crippen molar-refractivity contribution in [2.45, 2.75) is 6.92 Å². The van der Waals surface area contributed by atoms with E-state index >= 15 is 0 Å². The van der Waals surface area contributed by atoms with Gasteiger partial charge in [0.05, 0.1) is 18.1 Å². The number of hydrogen-bond acceptors (Lipinski definition) is 8. The van der Waals surface area contributed by atoms with Crippen LogP contribution in [0.1, 0.15) is 5.69 Å². The number of aryl methyl sites for hydroxylation is 1. The van der Waals surface area contributed by atoms with Crippen molar-refractivity contribution in [3.8, 4) is 17.4 Å². The maximum atomic E-state index is 11.1. The van der Waals surface area contributed by atoms with Gasteiger partial charge in [0.25, 0.3) is 0 Å². The number of nitrogens with zero attached hydrogens (tertiary/aromatic N) is 3.